The highest BCUT2D eigenvalue weighted by Crippen LogP contribution is 2.13. The van der Waals surface area contributed by atoms with Gasteiger partial charge in [0.25, 0.3) is 0 Å². The zero-order valence-corrected chi connectivity index (χ0v) is 17.0. The number of hydrogen-bond donors (Lipinski definition) is 2. The second-order valence-electron chi connectivity index (χ2n) is 7.18. The quantitative estimate of drug-likeness (QED) is 0.564. The molecule has 1 fully saturated rings. The molecule has 2 rings (SSSR count). The van der Waals surface area contributed by atoms with Crippen molar-refractivity contribution in [3.05, 3.63) is 23.9 Å². The van der Waals surface area contributed by atoms with Gasteiger partial charge in [0.05, 0.1) is 6.61 Å². The van der Waals surface area contributed by atoms with E-state index in [2.05, 4.69) is 27.5 Å². The van der Waals surface area contributed by atoms with Crippen LogP contribution in [0.4, 0.5) is 0 Å². The van der Waals surface area contributed by atoms with Gasteiger partial charge in [0.15, 0.2) is 5.96 Å². The Balaban J connectivity index is 1.75. The van der Waals surface area contributed by atoms with Crippen molar-refractivity contribution in [3.8, 4) is 5.88 Å². The van der Waals surface area contributed by atoms with Crippen molar-refractivity contribution in [3.63, 3.8) is 0 Å². The van der Waals surface area contributed by atoms with E-state index >= 15 is 0 Å². The molecule has 0 bridgehead atoms. The number of aromatic nitrogens is 1. The summed E-state index contributed by atoms with van der Waals surface area (Å²) in [5.41, 5.74) is 1.07. The van der Waals surface area contributed by atoms with Crippen LogP contribution in [0.2, 0.25) is 0 Å². The lowest BCUT2D eigenvalue weighted by Crippen LogP contribution is -2.50. The summed E-state index contributed by atoms with van der Waals surface area (Å²) >= 11 is 0. The third-order valence-electron chi connectivity index (χ3n) is 4.58. The standard InChI is InChI=1S/C20H33N5O2/c1-5-12-27-18-7-6-16(13-22-18)14-23-20(21-4)24-17-8-10-25(11-9-17)19(26)15(2)3/h6-7,13,15,17H,5,8-12,14H2,1-4H3,(H2,21,23,24). The van der Waals surface area contributed by atoms with Gasteiger partial charge in [0.2, 0.25) is 11.8 Å². The Hall–Kier alpha value is -2.31. The van der Waals surface area contributed by atoms with E-state index in [-0.39, 0.29) is 11.8 Å². The minimum Gasteiger partial charge on any atom is -0.478 e. The number of nitrogens with zero attached hydrogens (tertiary/aromatic N) is 3. The van der Waals surface area contributed by atoms with Crippen molar-refractivity contribution in [2.75, 3.05) is 26.7 Å². The van der Waals surface area contributed by atoms with E-state index in [9.17, 15) is 4.79 Å². The van der Waals surface area contributed by atoms with Gasteiger partial charge in [-0.25, -0.2) is 4.98 Å². The molecule has 2 heterocycles. The van der Waals surface area contributed by atoms with E-state index in [4.69, 9.17) is 4.74 Å². The zero-order valence-electron chi connectivity index (χ0n) is 17.0. The van der Waals surface area contributed by atoms with Crippen LogP contribution in [-0.4, -0.2) is 54.5 Å². The van der Waals surface area contributed by atoms with Crippen molar-refractivity contribution in [2.45, 2.75) is 52.6 Å². The van der Waals surface area contributed by atoms with Crippen LogP contribution < -0.4 is 15.4 Å². The lowest BCUT2D eigenvalue weighted by atomic mass is 10.0. The Labute approximate surface area is 162 Å². The van der Waals surface area contributed by atoms with E-state index in [1.54, 1.807) is 7.05 Å². The molecule has 1 amide bonds. The van der Waals surface area contributed by atoms with Gasteiger partial charge in [0, 0.05) is 50.9 Å². The number of piperidine rings is 1. The monoisotopic (exact) mass is 375 g/mol. The molecule has 1 aliphatic rings. The number of ether oxygens (including phenoxy) is 1. The van der Waals surface area contributed by atoms with Gasteiger partial charge >= 0.3 is 0 Å². The molecule has 0 unspecified atom stereocenters. The summed E-state index contributed by atoms with van der Waals surface area (Å²) in [6.45, 7) is 8.91. The molecule has 2 N–H and O–H groups in total. The molecule has 1 aliphatic heterocycles. The number of amides is 1. The van der Waals surface area contributed by atoms with Crippen LogP contribution in [0.25, 0.3) is 0 Å². The fourth-order valence-corrected chi connectivity index (χ4v) is 2.99. The number of likely N-dealkylation sites (tertiary alicyclic amines) is 1. The van der Waals surface area contributed by atoms with Gasteiger partial charge in [0.1, 0.15) is 0 Å². The highest BCUT2D eigenvalue weighted by molar-refractivity contribution is 5.80. The predicted molar refractivity (Wildman–Crippen MR) is 108 cm³/mol. The number of carbonyl (C=O) groups is 1. The van der Waals surface area contributed by atoms with Crippen molar-refractivity contribution in [2.24, 2.45) is 10.9 Å². The highest BCUT2D eigenvalue weighted by atomic mass is 16.5. The Kier molecular flexibility index (Phi) is 8.36. The molecule has 0 saturated carbocycles. The maximum atomic E-state index is 12.1. The van der Waals surface area contributed by atoms with Gasteiger partial charge in [-0.15, -0.1) is 0 Å². The average molecular weight is 376 g/mol. The number of hydrogen-bond acceptors (Lipinski definition) is 4. The van der Waals surface area contributed by atoms with Crippen LogP contribution >= 0.6 is 0 Å². The van der Waals surface area contributed by atoms with Gasteiger partial charge < -0.3 is 20.3 Å². The molecule has 7 heteroatoms. The number of guanidine groups is 1. The fourth-order valence-electron chi connectivity index (χ4n) is 2.99. The zero-order chi connectivity index (χ0) is 19.6. The van der Waals surface area contributed by atoms with Crippen molar-refractivity contribution < 1.29 is 9.53 Å². The largest absolute Gasteiger partial charge is 0.478 e. The van der Waals surface area contributed by atoms with E-state index < -0.39 is 0 Å². The number of pyridine rings is 1. The molecule has 0 aromatic carbocycles. The number of nitrogens with one attached hydrogen (secondary N) is 2. The maximum Gasteiger partial charge on any atom is 0.225 e. The summed E-state index contributed by atoms with van der Waals surface area (Å²) in [7, 11) is 1.77. The molecule has 27 heavy (non-hydrogen) atoms. The summed E-state index contributed by atoms with van der Waals surface area (Å²) in [6, 6.07) is 4.23. The van der Waals surface area contributed by atoms with Gasteiger partial charge in [-0.1, -0.05) is 26.8 Å². The summed E-state index contributed by atoms with van der Waals surface area (Å²) in [6.07, 6.45) is 4.66. The molecule has 1 aromatic heterocycles. The van der Waals surface area contributed by atoms with Crippen LogP contribution in [0.15, 0.2) is 23.3 Å². The maximum absolute atomic E-state index is 12.1. The van der Waals surface area contributed by atoms with Crippen LogP contribution in [-0.2, 0) is 11.3 Å². The first kappa shape index (κ1) is 21.0. The molecule has 0 atom stereocenters. The Morgan fingerprint density at radius 1 is 1.37 bits per heavy atom. The Morgan fingerprint density at radius 3 is 2.67 bits per heavy atom. The number of aliphatic imine (C=N–C) groups is 1. The molecule has 1 aromatic rings. The molecule has 0 spiro atoms. The van der Waals surface area contributed by atoms with Crippen LogP contribution in [0.1, 0.15) is 45.6 Å². The lowest BCUT2D eigenvalue weighted by molar-refractivity contribution is -0.135. The van der Waals surface area contributed by atoms with E-state index in [1.165, 1.54) is 0 Å². The molecule has 7 nitrogen and oxygen atoms in total. The summed E-state index contributed by atoms with van der Waals surface area (Å²) < 4.78 is 5.50. The van der Waals surface area contributed by atoms with Gasteiger partial charge in [-0.2, -0.15) is 0 Å². The smallest absolute Gasteiger partial charge is 0.225 e. The second kappa shape index (κ2) is 10.7. The molecule has 0 aliphatic carbocycles. The van der Waals surface area contributed by atoms with E-state index in [1.807, 2.05) is 37.1 Å². The van der Waals surface area contributed by atoms with Gasteiger partial charge in [-0.05, 0) is 24.8 Å². The van der Waals surface area contributed by atoms with Crippen LogP contribution in [0.3, 0.4) is 0 Å². The summed E-state index contributed by atoms with van der Waals surface area (Å²) in [5.74, 6) is 1.74. The first-order valence-electron chi connectivity index (χ1n) is 9.87. The van der Waals surface area contributed by atoms with Gasteiger partial charge in [-0.3, -0.25) is 9.79 Å². The molecule has 150 valence electrons. The highest BCUT2D eigenvalue weighted by Gasteiger charge is 2.24. The normalized spacial score (nSPS) is 15.7. The van der Waals surface area contributed by atoms with Crippen LogP contribution in [0.5, 0.6) is 5.88 Å². The Bertz CT molecular complexity index is 607. The topological polar surface area (TPSA) is 78.9 Å². The SMILES string of the molecule is CCCOc1ccc(CNC(=NC)NC2CCN(C(=O)C(C)C)CC2)cn1. The Morgan fingerprint density at radius 2 is 2.11 bits per heavy atom. The fraction of sp³-hybridized carbons (Fsp3) is 0.650. The minimum atomic E-state index is 0.0660. The summed E-state index contributed by atoms with van der Waals surface area (Å²) in [4.78, 5) is 22.7. The van der Waals surface area contributed by atoms with E-state index in [0.717, 1.165) is 43.9 Å². The average Bonchev–Trinajstić information content (AvgIpc) is 2.70. The van der Waals surface area contributed by atoms with Crippen LogP contribution in [0, 0.1) is 5.92 Å². The first-order valence-corrected chi connectivity index (χ1v) is 9.87. The van der Waals surface area contributed by atoms with Crippen molar-refractivity contribution in [1.82, 2.24) is 20.5 Å². The molecular weight excluding hydrogens is 342 g/mol. The van der Waals surface area contributed by atoms with Crippen molar-refractivity contribution >= 4 is 11.9 Å². The first-order chi connectivity index (χ1) is 13.0. The molecular formula is C20H33N5O2. The second-order valence-corrected chi connectivity index (χ2v) is 7.18. The molecule has 1 saturated heterocycles. The minimum absolute atomic E-state index is 0.0660. The lowest BCUT2D eigenvalue weighted by Gasteiger charge is -2.34. The van der Waals surface area contributed by atoms with Crippen molar-refractivity contribution in [1.29, 1.82) is 0 Å². The number of rotatable bonds is 7. The predicted octanol–water partition coefficient (Wildman–Crippen LogP) is 2.18. The third kappa shape index (κ3) is 6.73. The summed E-state index contributed by atoms with van der Waals surface area (Å²) in [5, 5.41) is 6.79. The number of carbonyl (C=O) groups excluding carboxylic acids is 1. The third-order valence-corrected chi connectivity index (χ3v) is 4.58. The molecule has 0 radical (unpaired) electrons. The van der Waals surface area contributed by atoms with E-state index in [0.29, 0.717) is 25.1 Å².